The molecule has 2 rings (SSSR count). The second kappa shape index (κ2) is 12.5. The Morgan fingerprint density at radius 1 is 1.33 bits per heavy atom. The predicted octanol–water partition coefficient (Wildman–Crippen LogP) is 0.768. The van der Waals surface area contributed by atoms with Gasteiger partial charge in [-0.15, -0.1) is 24.0 Å². The highest BCUT2D eigenvalue weighted by Gasteiger charge is 2.20. The number of piperidine rings is 1. The average molecular weight is 510 g/mol. The lowest BCUT2D eigenvalue weighted by Crippen LogP contribution is -2.48. The van der Waals surface area contributed by atoms with E-state index in [1.807, 2.05) is 25.3 Å². The third-order valence-electron chi connectivity index (χ3n) is 4.13. The lowest BCUT2D eigenvalue weighted by molar-refractivity contribution is 0.196. The number of hydrogen-bond acceptors (Lipinski definition) is 5. The van der Waals surface area contributed by atoms with Crippen LogP contribution in [-0.2, 0) is 16.6 Å². The Kier molecular flexibility index (Phi) is 11.1. The molecule has 0 saturated carbocycles. The zero-order chi connectivity index (χ0) is 18.8. The molecule has 0 radical (unpaired) electrons. The SMILES string of the molecule is CCNC(=NCCNS(C)(=O)=O)NC1CCN(Cc2ccccn2)CC1.I. The summed E-state index contributed by atoms with van der Waals surface area (Å²) in [6, 6.07) is 6.39. The first kappa shape index (κ1) is 24.1. The maximum Gasteiger partial charge on any atom is 0.208 e. The van der Waals surface area contributed by atoms with E-state index in [4.69, 9.17) is 0 Å². The van der Waals surface area contributed by atoms with Crippen molar-refractivity contribution in [2.75, 3.05) is 39.0 Å². The van der Waals surface area contributed by atoms with Crippen LogP contribution in [0.5, 0.6) is 0 Å². The number of hydrogen-bond donors (Lipinski definition) is 3. The summed E-state index contributed by atoms with van der Waals surface area (Å²) in [6.45, 7) is 6.41. The molecule has 0 unspecified atom stereocenters. The molecule has 0 atom stereocenters. The Morgan fingerprint density at radius 2 is 2.07 bits per heavy atom. The van der Waals surface area contributed by atoms with Crippen LogP contribution in [0.1, 0.15) is 25.5 Å². The topological polar surface area (TPSA) is 98.7 Å². The molecule has 0 bridgehead atoms. The van der Waals surface area contributed by atoms with E-state index in [-0.39, 0.29) is 24.0 Å². The minimum absolute atomic E-state index is 0. The van der Waals surface area contributed by atoms with Crippen molar-refractivity contribution in [3.05, 3.63) is 30.1 Å². The largest absolute Gasteiger partial charge is 0.357 e. The minimum Gasteiger partial charge on any atom is -0.357 e. The van der Waals surface area contributed by atoms with Gasteiger partial charge in [-0.1, -0.05) is 6.07 Å². The average Bonchev–Trinajstić information content (AvgIpc) is 2.60. The van der Waals surface area contributed by atoms with Gasteiger partial charge in [0.15, 0.2) is 5.96 Å². The van der Waals surface area contributed by atoms with Gasteiger partial charge in [0.2, 0.25) is 10.0 Å². The highest BCUT2D eigenvalue weighted by molar-refractivity contribution is 14.0. The van der Waals surface area contributed by atoms with Crippen LogP contribution < -0.4 is 15.4 Å². The van der Waals surface area contributed by atoms with Crippen molar-refractivity contribution in [2.24, 2.45) is 4.99 Å². The van der Waals surface area contributed by atoms with Gasteiger partial charge in [-0.05, 0) is 31.9 Å². The first-order chi connectivity index (χ1) is 12.5. The van der Waals surface area contributed by atoms with E-state index >= 15 is 0 Å². The van der Waals surface area contributed by atoms with Crippen LogP contribution in [0, 0.1) is 0 Å². The highest BCUT2D eigenvalue weighted by Crippen LogP contribution is 2.12. The van der Waals surface area contributed by atoms with Crippen molar-refractivity contribution in [3.8, 4) is 0 Å². The first-order valence-electron chi connectivity index (χ1n) is 9.08. The molecular formula is C17H31IN6O2S. The maximum absolute atomic E-state index is 11.1. The van der Waals surface area contributed by atoms with Crippen molar-refractivity contribution in [2.45, 2.75) is 32.4 Å². The number of rotatable bonds is 8. The standard InChI is InChI=1S/C17H30N6O2S.HI/c1-3-18-17(20-10-11-21-26(2,24)25)22-15-7-12-23(13-8-15)14-16-6-4-5-9-19-16;/h4-6,9,15,21H,3,7-8,10-14H2,1-2H3,(H2,18,20,22);1H. The van der Waals surface area contributed by atoms with E-state index in [1.165, 1.54) is 0 Å². The number of aromatic nitrogens is 1. The van der Waals surface area contributed by atoms with Crippen molar-refractivity contribution >= 4 is 40.0 Å². The minimum atomic E-state index is -3.16. The molecule has 0 spiro atoms. The fraction of sp³-hybridized carbons (Fsp3) is 0.647. The molecule has 0 aliphatic carbocycles. The van der Waals surface area contributed by atoms with Gasteiger partial charge in [0, 0.05) is 45.0 Å². The molecule has 1 aliphatic heterocycles. The lowest BCUT2D eigenvalue weighted by atomic mass is 10.0. The molecular weight excluding hydrogens is 479 g/mol. The van der Waals surface area contributed by atoms with Crippen LogP contribution in [-0.4, -0.2) is 69.3 Å². The van der Waals surface area contributed by atoms with Crippen LogP contribution in [0.3, 0.4) is 0 Å². The van der Waals surface area contributed by atoms with Crippen LogP contribution in [0.4, 0.5) is 0 Å². The third-order valence-corrected chi connectivity index (χ3v) is 4.86. The quantitative estimate of drug-likeness (QED) is 0.207. The summed E-state index contributed by atoms with van der Waals surface area (Å²) in [5.74, 6) is 0.742. The third kappa shape index (κ3) is 10.2. The van der Waals surface area contributed by atoms with E-state index in [2.05, 4.69) is 36.3 Å². The summed E-state index contributed by atoms with van der Waals surface area (Å²) in [7, 11) is -3.16. The van der Waals surface area contributed by atoms with Gasteiger partial charge in [0.1, 0.15) is 0 Å². The van der Waals surface area contributed by atoms with Crippen molar-refractivity contribution in [1.29, 1.82) is 0 Å². The maximum atomic E-state index is 11.1. The predicted molar refractivity (Wildman–Crippen MR) is 120 cm³/mol. The number of aliphatic imine (C=N–C) groups is 1. The van der Waals surface area contributed by atoms with E-state index in [9.17, 15) is 8.42 Å². The van der Waals surface area contributed by atoms with E-state index < -0.39 is 10.0 Å². The molecule has 1 fully saturated rings. The molecule has 2 heterocycles. The van der Waals surface area contributed by atoms with Gasteiger partial charge in [-0.3, -0.25) is 14.9 Å². The normalized spacial score (nSPS) is 16.6. The first-order valence-corrected chi connectivity index (χ1v) is 11.0. The smallest absolute Gasteiger partial charge is 0.208 e. The summed E-state index contributed by atoms with van der Waals surface area (Å²) in [4.78, 5) is 11.2. The Labute approximate surface area is 179 Å². The summed E-state index contributed by atoms with van der Waals surface area (Å²) < 4.78 is 24.6. The molecule has 1 saturated heterocycles. The number of sulfonamides is 1. The number of likely N-dealkylation sites (tertiary alicyclic amines) is 1. The fourth-order valence-corrected chi connectivity index (χ4v) is 3.33. The molecule has 1 aromatic rings. The van der Waals surface area contributed by atoms with Gasteiger partial charge in [0.05, 0.1) is 18.5 Å². The Bertz CT molecular complexity index is 663. The molecule has 27 heavy (non-hydrogen) atoms. The van der Waals surface area contributed by atoms with Crippen LogP contribution in [0.2, 0.25) is 0 Å². The van der Waals surface area contributed by atoms with Crippen molar-refractivity contribution in [1.82, 2.24) is 25.2 Å². The lowest BCUT2D eigenvalue weighted by Gasteiger charge is -2.32. The second-order valence-corrected chi connectivity index (χ2v) is 8.28. The summed E-state index contributed by atoms with van der Waals surface area (Å²) in [6.07, 6.45) is 5.07. The number of nitrogens with one attached hydrogen (secondary N) is 3. The number of nitrogens with zero attached hydrogens (tertiary/aromatic N) is 3. The van der Waals surface area contributed by atoms with E-state index in [0.29, 0.717) is 19.1 Å². The number of guanidine groups is 1. The summed E-state index contributed by atoms with van der Waals surface area (Å²) in [5, 5.41) is 6.67. The summed E-state index contributed by atoms with van der Waals surface area (Å²) in [5.41, 5.74) is 1.10. The zero-order valence-corrected chi connectivity index (χ0v) is 19.2. The van der Waals surface area contributed by atoms with Gasteiger partial charge in [-0.2, -0.15) is 0 Å². The zero-order valence-electron chi connectivity index (χ0n) is 16.0. The van der Waals surface area contributed by atoms with Gasteiger partial charge in [-0.25, -0.2) is 13.1 Å². The fourth-order valence-electron chi connectivity index (χ4n) is 2.87. The number of pyridine rings is 1. The Balaban J connectivity index is 0.00000364. The Morgan fingerprint density at radius 3 is 2.67 bits per heavy atom. The molecule has 0 amide bonds. The van der Waals surface area contributed by atoms with E-state index in [0.717, 1.165) is 56.9 Å². The molecule has 154 valence electrons. The van der Waals surface area contributed by atoms with Gasteiger partial charge >= 0.3 is 0 Å². The Hall–Kier alpha value is -0.980. The van der Waals surface area contributed by atoms with Gasteiger partial charge < -0.3 is 10.6 Å². The molecule has 1 aromatic heterocycles. The second-order valence-electron chi connectivity index (χ2n) is 6.44. The van der Waals surface area contributed by atoms with E-state index in [1.54, 1.807) is 0 Å². The van der Waals surface area contributed by atoms with Gasteiger partial charge in [0.25, 0.3) is 0 Å². The summed E-state index contributed by atoms with van der Waals surface area (Å²) >= 11 is 0. The van der Waals surface area contributed by atoms with Crippen LogP contribution >= 0.6 is 24.0 Å². The molecule has 10 heteroatoms. The van der Waals surface area contributed by atoms with Crippen LogP contribution in [0.15, 0.2) is 29.4 Å². The number of halogens is 1. The molecule has 3 N–H and O–H groups in total. The van der Waals surface area contributed by atoms with Crippen molar-refractivity contribution in [3.63, 3.8) is 0 Å². The monoisotopic (exact) mass is 510 g/mol. The molecule has 8 nitrogen and oxygen atoms in total. The highest BCUT2D eigenvalue weighted by atomic mass is 127. The molecule has 1 aliphatic rings. The van der Waals surface area contributed by atoms with Crippen LogP contribution in [0.25, 0.3) is 0 Å². The van der Waals surface area contributed by atoms with Crippen molar-refractivity contribution < 1.29 is 8.42 Å². The molecule has 0 aromatic carbocycles.